The van der Waals surface area contributed by atoms with Crippen molar-refractivity contribution in [3.05, 3.63) is 97.9 Å². The molecule has 328 valence electrons. The Kier molecular flexibility index (Phi) is 12.4. The number of rotatable bonds is 8. The van der Waals surface area contributed by atoms with Crippen molar-refractivity contribution in [1.29, 1.82) is 0 Å². The van der Waals surface area contributed by atoms with Crippen LogP contribution in [0.5, 0.6) is 11.5 Å². The van der Waals surface area contributed by atoms with Crippen LogP contribution in [-0.4, -0.2) is 109 Å². The van der Waals surface area contributed by atoms with Crippen LogP contribution in [0.1, 0.15) is 70.0 Å². The van der Waals surface area contributed by atoms with E-state index in [1.54, 1.807) is 30.9 Å². The summed E-state index contributed by atoms with van der Waals surface area (Å²) in [6, 6.07) is 12.3. The minimum atomic E-state index is -0.678. The molecule has 8 aliphatic rings. The summed E-state index contributed by atoms with van der Waals surface area (Å²) in [6.07, 6.45) is 26.3. The van der Waals surface area contributed by atoms with Crippen molar-refractivity contribution in [3.8, 4) is 11.5 Å². The highest BCUT2D eigenvalue weighted by atomic mass is 19.1. The quantitative estimate of drug-likeness (QED) is 0.166. The second kappa shape index (κ2) is 19.0. The van der Waals surface area contributed by atoms with Crippen LogP contribution < -0.4 is 25.0 Å². The van der Waals surface area contributed by atoms with Gasteiger partial charge < -0.3 is 34.5 Å². The predicted octanol–water partition coefficient (Wildman–Crippen LogP) is 6.45. The molecule has 2 aromatic carbocycles. The van der Waals surface area contributed by atoms with E-state index in [1.165, 1.54) is 25.2 Å². The van der Waals surface area contributed by atoms with Gasteiger partial charge in [0.25, 0.3) is 0 Å². The van der Waals surface area contributed by atoms with Crippen LogP contribution in [0.2, 0.25) is 0 Å². The largest absolute Gasteiger partial charge is 0.488 e. The van der Waals surface area contributed by atoms with Crippen LogP contribution in [-0.2, 0) is 15.9 Å². The number of fused-ring (bicyclic) bond motifs is 6. The Morgan fingerprint density at radius 3 is 1.41 bits per heavy atom. The summed E-state index contributed by atoms with van der Waals surface area (Å²) >= 11 is 0. The molecule has 0 radical (unpaired) electrons. The third-order valence-corrected chi connectivity index (χ3v) is 13.0. The van der Waals surface area contributed by atoms with Crippen molar-refractivity contribution in [3.63, 3.8) is 0 Å². The Morgan fingerprint density at radius 1 is 0.540 bits per heavy atom. The molecular formula is C47H54FN11O4. The highest BCUT2D eigenvalue weighted by molar-refractivity contribution is 5.86. The van der Waals surface area contributed by atoms with Gasteiger partial charge in [0, 0.05) is 125 Å². The molecule has 4 unspecified atom stereocenters. The number of anilines is 2. The number of piperidine rings is 2. The molecular weight excluding hydrogens is 802 g/mol. The van der Waals surface area contributed by atoms with Gasteiger partial charge in [0.15, 0.2) is 0 Å². The molecule has 63 heavy (non-hydrogen) atoms. The molecule has 6 aliphatic heterocycles. The van der Waals surface area contributed by atoms with Crippen molar-refractivity contribution in [2.24, 2.45) is 11.7 Å². The summed E-state index contributed by atoms with van der Waals surface area (Å²) < 4.78 is 36.2. The maximum Gasteiger partial charge on any atom is 0.308 e. The third kappa shape index (κ3) is 10.1. The first-order chi connectivity index (χ1) is 30.9. The molecule has 2 aliphatic carbocycles. The zero-order valence-corrected chi connectivity index (χ0v) is 35.4. The molecule has 14 rings (SSSR count). The van der Waals surface area contributed by atoms with Gasteiger partial charge in [-0.2, -0.15) is 4.39 Å². The molecule has 0 spiro atoms. The lowest BCUT2D eigenvalue weighted by atomic mass is 9.85. The second-order valence-electron chi connectivity index (χ2n) is 17.6. The van der Waals surface area contributed by atoms with Crippen LogP contribution in [0.4, 0.5) is 15.8 Å². The lowest BCUT2D eigenvalue weighted by Crippen LogP contribution is -2.57. The number of hydrogen-bond acceptors (Lipinski definition) is 15. The molecule has 8 fully saturated rings. The predicted molar refractivity (Wildman–Crippen MR) is 235 cm³/mol. The van der Waals surface area contributed by atoms with Gasteiger partial charge in [-0.15, -0.1) is 0 Å². The van der Waals surface area contributed by atoms with Crippen LogP contribution in [0.15, 0.2) is 86.0 Å². The van der Waals surface area contributed by atoms with Crippen LogP contribution in [0.25, 0.3) is 22.1 Å². The Hall–Kier alpha value is -5.71. The summed E-state index contributed by atoms with van der Waals surface area (Å²) in [5.41, 5.74) is 11.8. The van der Waals surface area contributed by atoms with E-state index in [9.17, 15) is 4.39 Å². The third-order valence-electron chi connectivity index (χ3n) is 13.0. The van der Waals surface area contributed by atoms with E-state index in [0.717, 1.165) is 135 Å². The molecule has 4 atom stereocenters. The molecule has 4 bridgehead atoms. The average Bonchev–Trinajstić information content (AvgIpc) is 3.31. The van der Waals surface area contributed by atoms with E-state index >= 15 is 0 Å². The maximum atomic E-state index is 11.7. The number of hydrogen-bond donors (Lipinski definition) is 1. The Morgan fingerprint density at radius 2 is 0.968 bits per heavy atom. The number of nitrogens with two attached hydrogens (primary N) is 1. The highest BCUT2D eigenvalue weighted by Gasteiger charge is 2.40. The summed E-state index contributed by atoms with van der Waals surface area (Å²) in [5.74, 6) is 3.28. The average molecular weight is 856 g/mol. The first kappa shape index (κ1) is 41.3. The van der Waals surface area contributed by atoms with E-state index < -0.39 is 6.08 Å². The van der Waals surface area contributed by atoms with Gasteiger partial charge in [0.05, 0.1) is 47.7 Å². The van der Waals surface area contributed by atoms with Gasteiger partial charge >= 0.3 is 6.08 Å². The minimum absolute atomic E-state index is 0.214. The first-order valence-corrected chi connectivity index (χ1v) is 22.5. The monoisotopic (exact) mass is 855 g/mol. The van der Waals surface area contributed by atoms with Crippen LogP contribution >= 0.6 is 0 Å². The smallest absolute Gasteiger partial charge is 0.308 e. The minimum Gasteiger partial charge on any atom is -0.488 e. The van der Waals surface area contributed by atoms with Crippen molar-refractivity contribution >= 4 is 33.4 Å². The Bertz CT molecular complexity index is 2410. The zero-order valence-electron chi connectivity index (χ0n) is 35.4. The molecule has 4 aromatic heterocycles. The fraction of sp³-hybridized carbons (Fsp3) is 0.489. The Balaban J connectivity index is 0.000000132. The van der Waals surface area contributed by atoms with E-state index in [4.69, 9.17) is 24.7 Å². The lowest BCUT2D eigenvalue weighted by molar-refractivity contribution is -0.133. The van der Waals surface area contributed by atoms with Gasteiger partial charge in [0.2, 0.25) is 0 Å². The molecule has 0 amide bonds. The van der Waals surface area contributed by atoms with Crippen molar-refractivity contribution in [2.75, 3.05) is 36.0 Å². The zero-order chi connectivity index (χ0) is 42.5. The lowest BCUT2D eigenvalue weighted by Gasteiger charge is -2.48. The summed E-state index contributed by atoms with van der Waals surface area (Å²) in [7, 11) is 0. The van der Waals surface area contributed by atoms with Crippen LogP contribution in [0.3, 0.4) is 0 Å². The number of aromatic nitrogens is 8. The summed E-state index contributed by atoms with van der Waals surface area (Å²) in [4.78, 5) is 38.1. The van der Waals surface area contributed by atoms with Crippen molar-refractivity contribution < 1.29 is 23.3 Å². The molecule has 10 heterocycles. The normalized spacial score (nSPS) is 27.1. The van der Waals surface area contributed by atoms with Gasteiger partial charge in [-0.3, -0.25) is 9.97 Å². The molecule has 16 heteroatoms. The fourth-order valence-corrected chi connectivity index (χ4v) is 9.73. The summed E-state index contributed by atoms with van der Waals surface area (Å²) in [6.45, 7) is 3.77. The molecule has 2 N–H and O–H groups in total. The number of halogens is 1. The van der Waals surface area contributed by atoms with Gasteiger partial charge in [-0.25, -0.2) is 29.9 Å². The topological polar surface area (TPSA) is 173 Å². The van der Waals surface area contributed by atoms with Crippen molar-refractivity contribution in [2.45, 2.75) is 113 Å². The molecule has 6 saturated heterocycles. The summed E-state index contributed by atoms with van der Waals surface area (Å²) in [5, 5.41) is 0. The molecule has 6 aromatic rings. The van der Waals surface area contributed by atoms with Gasteiger partial charge in [-0.05, 0) is 81.5 Å². The number of benzene rings is 2. The van der Waals surface area contributed by atoms with E-state index in [2.05, 4.69) is 73.9 Å². The number of morpholine rings is 2. The first-order valence-electron chi connectivity index (χ1n) is 22.5. The van der Waals surface area contributed by atoms with E-state index in [1.807, 2.05) is 18.5 Å². The van der Waals surface area contributed by atoms with Crippen molar-refractivity contribution in [1.82, 2.24) is 39.9 Å². The molecule has 15 nitrogen and oxygen atoms in total. The highest BCUT2D eigenvalue weighted by Crippen LogP contribution is 2.39. The number of nitrogens with zero attached hydrogens (tertiary/aromatic N) is 10. The SMILES string of the molecule is Fc1ncccn1.NC1CCC(Oc2cc(N3CC4CC(C3)O4)cc3nccnc23)CC1.c1cnc(CC2CCC(Oc3cc(N4CC5CC(C4)O5)cc4nccnc34)CC2)nc1. The maximum absolute atomic E-state index is 11.7. The van der Waals surface area contributed by atoms with E-state index in [-0.39, 0.29) is 12.2 Å². The fourth-order valence-electron chi connectivity index (χ4n) is 9.73. The van der Waals surface area contributed by atoms with Gasteiger partial charge in [-0.1, -0.05) is 0 Å². The molecule has 2 saturated carbocycles. The Labute approximate surface area is 366 Å². The van der Waals surface area contributed by atoms with E-state index in [0.29, 0.717) is 36.4 Å². The number of ether oxygens (including phenoxy) is 4. The van der Waals surface area contributed by atoms with Gasteiger partial charge in [0.1, 0.15) is 28.4 Å². The van der Waals surface area contributed by atoms with Crippen LogP contribution in [0, 0.1) is 12.0 Å². The standard InChI is InChI=1S/C24H27N5O2.C19H24N4O2.C4H3FN2/c1-6-26-23(27-7-1)10-16-2-4-18(5-3-16)31-22-12-17(11-21-24(22)28-9-8-25-21)29-14-19-13-20(15-29)30-19;20-12-1-3-14(4-2-12)25-18-8-13(7-17-19(18)22-6-5-21-17)23-10-15-9-16(11-23)24-15;5-4-6-2-1-3-7-4/h1,6-9,11-12,16,18-20H,2-5,10,13-15H2;5-8,12,14-16H,1-4,9-11,20H2;1-3H. The second-order valence-corrected chi connectivity index (χ2v) is 17.6.